The van der Waals surface area contributed by atoms with Crippen LogP contribution in [0.15, 0.2) is 15.9 Å². The van der Waals surface area contributed by atoms with Crippen LogP contribution in [0.4, 0.5) is 0 Å². The summed E-state index contributed by atoms with van der Waals surface area (Å²) < 4.78 is 1.20. The summed E-state index contributed by atoms with van der Waals surface area (Å²) in [5.41, 5.74) is 0. The van der Waals surface area contributed by atoms with Crippen molar-refractivity contribution in [3.63, 3.8) is 0 Å². The third kappa shape index (κ3) is 4.85. The summed E-state index contributed by atoms with van der Waals surface area (Å²) in [4.78, 5) is 4.07. The first kappa shape index (κ1) is 15.5. The standard InChI is InChI=1S/C15H25BrN2S/c1-12-6-3-4-8-18(12)9-5-7-17-13(2)15-10-14(16)11-19-15/h10-13,17H,3-9H2,1-2H3. The van der Waals surface area contributed by atoms with Gasteiger partial charge in [-0.15, -0.1) is 11.3 Å². The van der Waals surface area contributed by atoms with Crippen molar-refractivity contribution in [2.45, 2.75) is 51.6 Å². The molecule has 1 saturated heterocycles. The lowest BCUT2D eigenvalue weighted by molar-refractivity contribution is 0.158. The van der Waals surface area contributed by atoms with Gasteiger partial charge < -0.3 is 10.2 Å². The lowest BCUT2D eigenvalue weighted by atomic mass is 10.0. The molecule has 4 heteroatoms. The van der Waals surface area contributed by atoms with Crippen LogP contribution in [0.1, 0.15) is 50.4 Å². The summed E-state index contributed by atoms with van der Waals surface area (Å²) >= 11 is 5.34. The van der Waals surface area contributed by atoms with E-state index >= 15 is 0 Å². The van der Waals surface area contributed by atoms with Crippen molar-refractivity contribution >= 4 is 27.3 Å². The van der Waals surface area contributed by atoms with Crippen molar-refractivity contribution in [3.8, 4) is 0 Å². The second kappa shape index (κ2) is 7.77. The highest BCUT2D eigenvalue weighted by molar-refractivity contribution is 9.10. The van der Waals surface area contributed by atoms with E-state index < -0.39 is 0 Å². The molecule has 1 aromatic rings. The van der Waals surface area contributed by atoms with Crippen LogP contribution in [0.3, 0.4) is 0 Å². The monoisotopic (exact) mass is 344 g/mol. The van der Waals surface area contributed by atoms with Crippen LogP contribution < -0.4 is 5.32 Å². The molecule has 0 radical (unpaired) electrons. The summed E-state index contributed by atoms with van der Waals surface area (Å²) in [7, 11) is 0. The Balaban J connectivity index is 1.63. The summed E-state index contributed by atoms with van der Waals surface area (Å²) in [6.45, 7) is 8.28. The number of thiophene rings is 1. The zero-order chi connectivity index (χ0) is 13.7. The molecule has 108 valence electrons. The van der Waals surface area contributed by atoms with E-state index in [-0.39, 0.29) is 0 Å². The Kier molecular flexibility index (Phi) is 6.33. The van der Waals surface area contributed by atoms with E-state index in [1.54, 1.807) is 0 Å². The van der Waals surface area contributed by atoms with Gasteiger partial charge in [0.15, 0.2) is 0 Å². The smallest absolute Gasteiger partial charge is 0.0386 e. The van der Waals surface area contributed by atoms with Gasteiger partial charge in [0.1, 0.15) is 0 Å². The topological polar surface area (TPSA) is 15.3 Å². The van der Waals surface area contributed by atoms with Crippen molar-refractivity contribution in [2.75, 3.05) is 19.6 Å². The molecule has 2 atom stereocenters. The molecule has 19 heavy (non-hydrogen) atoms. The largest absolute Gasteiger partial charge is 0.309 e. The molecule has 1 aromatic heterocycles. The van der Waals surface area contributed by atoms with Crippen LogP contribution in [0, 0.1) is 0 Å². The fourth-order valence-electron chi connectivity index (χ4n) is 2.75. The first-order valence-corrected chi connectivity index (χ1v) is 9.05. The third-order valence-electron chi connectivity index (χ3n) is 4.03. The van der Waals surface area contributed by atoms with Crippen molar-refractivity contribution < 1.29 is 0 Å². The molecular formula is C15H25BrN2S. The molecule has 0 saturated carbocycles. The molecule has 1 fully saturated rings. The third-order valence-corrected chi connectivity index (χ3v) is 5.90. The minimum Gasteiger partial charge on any atom is -0.309 e. The van der Waals surface area contributed by atoms with Gasteiger partial charge in [0.25, 0.3) is 0 Å². The molecule has 2 heterocycles. The van der Waals surface area contributed by atoms with E-state index in [4.69, 9.17) is 0 Å². The van der Waals surface area contributed by atoms with Gasteiger partial charge in [-0.1, -0.05) is 6.42 Å². The number of piperidine rings is 1. The van der Waals surface area contributed by atoms with E-state index in [2.05, 4.69) is 51.4 Å². The number of nitrogens with zero attached hydrogens (tertiary/aromatic N) is 1. The van der Waals surface area contributed by atoms with E-state index in [0.717, 1.165) is 12.6 Å². The second-order valence-electron chi connectivity index (χ2n) is 5.58. The van der Waals surface area contributed by atoms with E-state index in [1.165, 1.54) is 48.1 Å². The normalized spacial score (nSPS) is 22.6. The number of rotatable bonds is 6. The number of nitrogens with one attached hydrogen (secondary N) is 1. The van der Waals surface area contributed by atoms with Gasteiger partial charge in [-0.25, -0.2) is 0 Å². The van der Waals surface area contributed by atoms with Gasteiger partial charge in [0.05, 0.1) is 0 Å². The Labute approximate surface area is 129 Å². The molecule has 0 aliphatic carbocycles. The number of likely N-dealkylation sites (tertiary alicyclic amines) is 1. The molecule has 0 amide bonds. The van der Waals surface area contributed by atoms with Gasteiger partial charge in [-0.2, -0.15) is 0 Å². The van der Waals surface area contributed by atoms with Crippen LogP contribution >= 0.6 is 27.3 Å². The molecule has 2 rings (SSSR count). The lowest BCUT2D eigenvalue weighted by Crippen LogP contribution is -2.39. The zero-order valence-corrected chi connectivity index (χ0v) is 14.4. The quantitative estimate of drug-likeness (QED) is 0.768. The number of hydrogen-bond donors (Lipinski definition) is 1. The Morgan fingerprint density at radius 3 is 3.05 bits per heavy atom. The van der Waals surface area contributed by atoms with Gasteiger partial charge in [0.2, 0.25) is 0 Å². The SMILES string of the molecule is CC(NCCCN1CCCCC1C)c1cc(Br)cs1. The second-order valence-corrected chi connectivity index (χ2v) is 7.44. The van der Waals surface area contributed by atoms with E-state index in [9.17, 15) is 0 Å². The molecule has 1 N–H and O–H groups in total. The zero-order valence-electron chi connectivity index (χ0n) is 12.0. The molecule has 2 nitrogen and oxygen atoms in total. The fraction of sp³-hybridized carbons (Fsp3) is 0.733. The average Bonchev–Trinajstić information content (AvgIpc) is 2.83. The maximum absolute atomic E-state index is 3.63. The van der Waals surface area contributed by atoms with Crippen molar-refractivity contribution in [1.29, 1.82) is 0 Å². The molecular weight excluding hydrogens is 320 g/mol. The van der Waals surface area contributed by atoms with Crippen LogP contribution in [0.25, 0.3) is 0 Å². The maximum atomic E-state index is 3.63. The fourth-order valence-corrected chi connectivity index (χ4v) is 4.22. The van der Waals surface area contributed by atoms with Crippen LogP contribution in [-0.2, 0) is 0 Å². The lowest BCUT2D eigenvalue weighted by Gasteiger charge is -2.33. The Morgan fingerprint density at radius 1 is 1.53 bits per heavy atom. The predicted molar refractivity (Wildman–Crippen MR) is 87.9 cm³/mol. The van der Waals surface area contributed by atoms with Gasteiger partial charge in [-0.3, -0.25) is 0 Å². The van der Waals surface area contributed by atoms with Crippen molar-refractivity contribution in [2.24, 2.45) is 0 Å². The molecule has 0 spiro atoms. The summed E-state index contributed by atoms with van der Waals surface area (Å²) in [5, 5.41) is 5.79. The van der Waals surface area contributed by atoms with Crippen molar-refractivity contribution in [3.05, 3.63) is 20.8 Å². The highest BCUT2D eigenvalue weighted by Gasteiger charge is 2.17. The number of halogens is 1. The van der Waals surface area contributed by atoms with E-state index in [1.807, 2.05) is 11.3 Å². The summed E-state index contributed by atoms with van der Waals surface area (Å²) in [5.74, 6) is 0. The minimum absolute atomic E-state index is 0.468. The van der Waals surface area contributed by atoms with Gasteiger partial charge in [0, 0.05) is 26.8 Å². The molecule has 0 aromatic carbocycles. The molecule has 1 aliphatic heterocycles. The summed E-state index contributed by atoms with van der Waals surface area (Å²) in [6, 6.07) is 3.48. The molecule has 1 aliphatic rings. The molecule has 0 bridgehead atoms. The van der Waals surface area contributed by atoms with E-state index in [0.29, 0.717) is 6.04 Å². The first-order valence-electron chi connectivity index (χ1n) is 7.38. The minimum atomic E-state index is 0.468. The average molecular weight is 345 g/mol. The first-order chi connectivity index (χ1) is 9.16. The Hall–Kier alpha value is 0.1000. The predicted octanol–water partition coefficient (Wildman–Crippen LogP) is 4.43. The van der Waals surface area contributed by atoms with Gasteiger partial charge in [-0.05, 0) is 74.7 Å². The van der Waals surface area contributed by atoms with Crippen LogP contribution in [0.5, 0.6) is 0 Å². The Morgan fingerprint density at radius 2 is 2.37 bits per heavy atom. The number of hydrogen-bond acceptors (Lipinski definition) is 3. The maximum Gasteiger partial charge on any atom is 0.0386 e. The summed E-state index contributed by atoms with van der Waals surface area (Å²) in [6.07, 6.45) is 5.44. The Bertz CT molecular complexity index is 380. The van der Waals surface area contributed by atoms with Crippen LogP contribution in [-0.4, -0.2) is 30.6 Å². The van der Waals surface area contributed by atoms with Crippen molar-refractivity contribution in [1.82, 2.24) is 10.2 Å². The van der Waals surface area contributed by atoms with Gasteiger partial charge >= 0.3 is 0 Å². The molecule has 2 unspecified atom stereocenters. The van der Waals surface area contributed by atoms with Crippen LogP contribution in [0.2, 0.25) is 0 Å². The highest BCUT2D eigenvalue weighted by atomic mass is 79.9. The highest BCUT2D eigenvalue weighted by Crippen LogP contribution is 2.25.